The maximum absolute atomic E-state index is 10.6. The van der Waals surface area contributed by atoms with Crippen LogP contribution >= 0.6 is 0 Å². The summed E-state index contributed by atoms with van der Waals surface area (Å²) in [5.74, 6) is 4.38. The van der Waals surface area contributed by atoms with Crippen molar-refractivity contribution in [1.82, 2.24) is 5.01 Å². The van der Waals surface area contributed by atoms with Crippen LogP contribution in [0.3, 0.4) is 0 Å². The van der Waals surface area contributed by atoms with E-state index in [1.165, 1.54) is 18.9 Å². The molecule has 0 aliphatic carbocycles. The van der Waals surface area contributed by atoms with E-state index in [9.17, 15) is 9.90 Å². The number of quaternary nitrogens is 1. The maximum Gasteiger partial charge on any atom is 0.576 e. The highest BCUT2D eigenvalue weighted by molar-refractivity contribution is 5.75. The molecule has 0 bridgehead atoms. The van der Waals surface area contributed by atoms with Gasteiger partial charge in [-0.15, -0.1) is 5.10 Å². The zero-order valence-electron chi connectivity index (χ0n) is 16.9. The number of ether oxygens (including phenoxy) is 1. The maximum atomic E-state index is 10.6. The van der Waals surface area contributed by atoms with Crippen molar-refractivity contribution in [3.63, 3.8) is 0 Å². The molecule has 0 spiro atoms. The number of carbonyl (C=O) groups excluding carboxylic acids is 2. The third-order valence-electron chi connectivity index (χ3n) is 1.83. The van der Waals surface area contributed by atoms with E-state index < -0.39 is 6.10 Å². The lowest BCUT2D eigenvalue weighted by Gasteiger charge is -2.25. The Balaban J connectivity index is -0.000000131. The Morgan fingerprint density at radius 1 is 1.52 bits per heavy atom. The molecule has 3 N–H and O–H groups in total. The van der Waals surface area contributed by atoms with E-state index in [-0.39, 0.29) is 24.9 Å². The van der Waals surface area contributed by atoms with Gasteiger partial charge in [-0.25, -0.2) is 4.59 Å². The molecule has 2 atom stereocenters. The van der Waals surface area contributed by atoms with Crippen molar-refractivity contribution in [3.8, 4) is 0 Å². The minimum Gasteiger partial charge on any atom is -0.858 e. The highest BCUT2D eigenvalue weighted by Crippen LogP contribution is 2.04. The summed E-state index contributed by atoms with van der Waals surface area (Å²) in [6, 6.07) is 0. The van der Waals surface area contributed by atoms with E-state index >= 15 is 0 Å². The van der Waals surface area contributed by atoms with Crippen LogP contribution in [0.5, 0.6) is 0 Å². The van der Waals surface area contributed by atoms with Crippen molar-refractivity contribution in [1.29, 1.82) is 0 Å². The summed E-state index contributed by atoms with van der Waals surface area (Å²) >= 11 is 0. The van der Waals surface area contributed by atoms with Gasteiger partial charge in [0.15, 0.2) is 6.79 Å². The van der Waals surface area contributed by atoms with Gasteiger partial charge in [0, 0.05) is 33.2 Å². The van der Waals surface area contributed by atoms with Crippen molar-refractivity contribution >= 4 is 27.1 Å². The molecule has 0 aromatic heterocycles. The number of hydrogen-bond acceptors (Lipinski definition) is 7. The standard InChI is InChI=1S/C7H16N2O2.C3H5O2.C3H6O.C2H8N2.B/c1-6(10)5-9(3,4)8-7(2)11;1-3(4)5-2;1-3-2-4-3;1-4(2)3;/h6,10H,5H2,1-4H3;2H2,1H3;3H,2H2,1H3;3H2,1-2H3;/q;+1;;;. The quantitative estimate of drug-likeness (QED) is 0.0918. The molecule has 1 aliphatic rings. The number of carbonyl (C=O) groups is 1. The normalized spacial score (nSPS) is 16.4. The zero-order chi connectivity index (χ0) is 19.9. The lowest BCUT2D eigenvalue weighted by Crippen LogP contribution is -2.41. The highest BCUT2D eigenvalue weighted by atomic mass is 16.6. The number of nitrogens with zero attached hydrogens (tertiary/aromatic N) is 3. The van der Waals surface area contributed by atoms with Crippen LogP contribution in [0.4, 0.5) is 0 Å². The Hall–Kier alpha value is -1.33. The molecular weight excluding hydrogens is 327 g/mol. The Labute approximate surface area is 153 Å². The average molecular weight is 362 g/mol. The van der Waals surface area contributed by atoms with Gasteiger partial charge in [0.25, 0.3) is 0 Å². The first-order valence-corrected chi connectivity index (χ1v) is 7.44. The van der Waals surface area contributed by atoms with E-state index in [4.69, 9.17) is 15.7 Å². The fourth-order valence-electron chi connectivity index (χ4n) is 1.16. The monoisotopic (exact) mass is 362 g/mol. The molecule has 1 heterocycles. The van der Waals surface area contributed by atoms with Gasteiger partial charge in [0.2, 0.25) is 0 Å². The molecule has 2 unspecified atom stereocenters. The van der Waals surface area contributed by atoms with Gasteiger partial charge in [-0.1, -0.05) is 0 Å². The van der Waals surface area contributed by atoms with Crippen molar-refractivity contribution in [2.75, 3.05) is 41.3 Å². The number of epoxide rings is 1. The smallest absolute Gasteiger partial charge is 0.576 e. The van der Waals surface area contributed by atoms with Crippen LogP contribution in [-0.2, 0) is 14.0 Å². The first-order chi connectivity index (χ1) is 10.7. The molecule has 9 nitrogen and oxygen atoms in total. The Morgan fingerprint density at radius 3 is 1.92 bits per heavy atom. The third kappa shape index (κ3) is 51.8. The van der Waals surface area contributed by atoms with Crippen LogP contribution in [0.1, 0.15) is 27.7 Å². The first kappa shape index (κ1) is 31.4. The van der Waals surface area contributed by atoms with Crippen molar-refractivity contribution in [2.24, 2.45) is 10.9 Å². The van der Waals surface area contributed by atoms with Gasteiger partial charge < -0.3 is 14.9 Å². The minimum absolute atomic E-state index is 0. The molecule has 3 radical (unpaired) electrons. The molecule has 0 saturated carbocycles. The second-order valence-electron chi connectivity index (χ2n) is 6.02. The highest BCUT2D eigenvalue weighted by Gasteiger charge is 2.16. The van der Waals surface area contributed by atoms with Gasteiger partial charge in [-0.05, 0) is 20.8 Å². The number of nitrogens with two attached hydrogens (primary N) is 1. The van der Waals surface area contributed by atoms with Crippen LogP contribution in [0.2, 0.25) is 0 Å². The van der Waals surface area contributed by atoms with Gasteiger partial charge in [0.1, 0.15) is 12.6 Å². The van der Waals surface area contributed by atoms with Gasteiger partial charge in [0.05, 0.1) is 33.7 Å². The van der Waals surface area contributed by atoms with Crippen molar-refractivity contribution < 1.29 is 28.8 Å². The number of hydrogen-bond donors (Lipinski definition) is 2. The second kappa shape index (κ2) is 17.5. The topological polar surface area (TPSA) is 126 Å². The van der Waals surface area contributed by atoms with E-state index in [0.717, 1.165) is 6.61 Å². The van der Waals surface area contributed by atoms with E-state index in [2.05, 4.69) is 23.2 Å². The summed E-state index contributed by atoms with van der Waals surface area (Å²) in [7, 11) is 7.10. The van der Waals surface area contributed by atoms with Crippen molar-refractivity contribution in [3.05, 3.63) is 0 Å². The summed E-state index contributed by atoms with van der Waals surface area (Å²) in [6.45, 7) is 10.7. The van der Waals surface area contributed by atoms with Crippen LogP contribution in [0.25, 0.3) is 0 Å². The predicted molar refractivity (Wildman–Crippen MR) is 98.6 cm³/mol. The predicted octanol–water partition coefficient (Wildman–Crippen LogP) is -1.52. The first-order valence-electron chi connectivity index (χ1n) is 7.44. The summed E-state index contributed by atoms with van der Waals surface area (Å²) in [5, 5.41) is 24.9. The third-order valence-corrected chi connectivity index (χ3v) is 1.83. The molecule has 0 amide bonds. The molecule has 25 heavy (non-hydrogen) atoms. The number of aliphatic hydroxyl groups excluding tert-OH is 1. The minimum atomic E-state index is -0.437. The summed E-state index contributed by atoms with van der Waals surface area (Å²) in [6.07, 6.45) is 0.146. The Morgan fingerprint density at radius 2 is 1.80 bits per heavy atom. The molecule has 147 valence electrons. The van der Waals surface area contributed by atoms with Crippen LogP contribution in [0.15, 0.2) is 5.10 Å². The van der Waals surface area contributed by atoms with Gasteiger partial charge in [-0.2, -0.15) is 0 Å². The fraction of sp³-hybridized carbons (Fsp3) is 0.800. The number of rotatable bonds is 3. The molecule has 1 fully saturated rings. The molecule has 1 aliphatic heterocycles. The second-order valence-corrected chi connectivity index (χ2v) is 6.02. The lowest BCUT2D eigenvalue weighted by atomic mass is 10.4. The van der Waals surface area contributed by atoms with Crippen LogP contribution < -0.4 is 10.9 Å². The van der Waals surface area contributed by atoms with E-state index in [1.54, 1.807) is 35.1 Å². The summed E-state index contributed by atoms with van der Waals surface area (Å²) < 4.78 is 8.76. The number of likely N-dealkylation sites (N-methyl/N-ethyl adjacent to an activating group) is 1. The van der Waals surface area contributed by atoms with Crippen LogP contribution in [0, 0.1) is 0 Å². The lowest BCUT2D eigenvalue weighted by molar-refractivity contribution is -0.901. The van der Waals surface area contributed by atoms with E-state index in [1.807, 2.05) is 0 Å². The molecule has 0 aromatic rings. The molecular formula is C15H35BN4O5+. The Kier molecular flexibility index (Phi) is 22.0. The van der Waals surface area contributed by atoms with Gasteiger partial charge >= 0.3 is 5.97 Å². The molecule has 1 rings (SSSR count). The summed E-state index contributed by atoms with van der Waals surface area (Å²) in [4.78, 5) is 9.53. The number of hydrazine groups is 1. The summed E-state index contributed by atoms with van der Waals surface area (Å²) in [5.41, 5.74) is 0. The van der Waals surface area contributed by atoms with E-state index in [0.29, 0.717) is 12.6 Å². The SMILES string of the molecule is C=[O+]C(C)=O.CC([O-])=N[N+](C)(C)CC(C)O.CC1CO1.CN(C)N.[B]. The largest absolute Gasteiger partial charge is 0.858 e. The molecule has 1 saturated heterocycles. The zero-order valence-corrected chi connectivity index (χ0v) is 16.9. The molecule has 0 aromatic carbocycles. The van der Waals surface area contributed by atoms with Crippen molar-refractivity contribution in [2.45, 2.75) is 39.9 Å². The average Bonchev–Trinajstić information content (AvgIpc) is 3.08. The Bertz CT molecular complexity index is 366. The van der Waals surface area contributed by atoms with Crippen LogP contribution in [-0.4, -0.2) is 95.3 Å². The fourth-order valence-corrected chi connectivity index (χ4v) is 1.16. The molecule has 10 heteroatoms. The van der Waals surface area contributed by atoms with Gasteiger partial charge in [-0.3, -0.25) is 15.3 Å². The number of aliphatic hydroxyl groups is 1.